The van der Waals surface area contributed by atoms with Crippen LogP contribution in [0.2, 0.25) is 0 Å². The Morgan fingerprint density at radius 2 is 2.00 bits per heavy atom. The number of aromatic nitrogens is 4. The molecule has 0 atom stereocenters. The molecule has 6 nitrogen and oxygen atoms in total. The van der Waals surface area contributed by atoms with Crippen molar-refractivity contribution in [2.75, 3.05) is 0 Å². The van der Waals surface area contributed by atoms with Crippen LogP contribution in [0.5, 0.6) is 0 Å². The standard InChI is InChI=1S/C17H26N4O2/c1-12-15(13(2)23-19-12)10-21-17(16(11-22)18-20-21)9-8-14-6-4-3-5-7-14/h14,22H,3-11H2,1-2H3. The molecule has 1 saturated carbocycles. The van der Waals surface area contributed by atoms with Crippen LogP contribution in [-0.4, -0.2) is 25.3 Å². The summed E-state index contributed by atoms with van der Waals surface area (Å²) < 4.78 is 7.14. The lowest BCUT2D eigenvalue weighted by atomic mass is 9.85. The number of rotatable bonds is 6. The van der Waals surface area contributed by atoms with Gasteiger partial charge in [-0.1, -0.05) is 42.5 Å². The van der Waals surface area contributed by atoms with Crippen molar-refractivity contribution >= 4 is 0 Å². The van der Waals surface area contributed by atoms with Crippen LogP contribution < -0.4 is 0 Å². The highest BCUT2D eigenvalue weighted by atomic mass is 16.5. The van der Waals surface area contributed by atoms with Gasteiger partial charge in [0.25, 0.3) is 0 Å². The van der Waals surface area contributed by atoms with E-state index < -0.39 is 0 Å². The van der Waals surface area contributed by atoms with Gasteiger partial charge in [-0.25, -0.2) is 4.68 Å². The molecule has 23 heavy (non-hydrogen) atoms. The molecule has 6 heteroatoms. The first kappa shape index (κ1) is 16.2. The van der Waals surface area contributed by atoms with Gasteiger partial charge in [0.1, 0.15) is 11.5 Å². The van der Waals surface area contributed by atoms with Gasteiger partial charge >= 0.3 is 0 Å². The molecule has 0 saturated heterocycles. The van der Waals surface area contributed by atoms with Crippen LogP contribution in [0.25, 0.3) is 0 Å². The Balaban J connectivity index is 1.74. The fraction of sp³-hybridized carbons (Fsp3) is 0.706. The van der Waals surface area contributed by atoms with Gasteiger partial charge in [-0.15, -0.1) is 5.10 Å². The SMILES string of the molecule is Cc1noc(C)c1Cn1nnc(CO)c1CCC1CCCCC1. The van der Waals surface area contributed by atoms with Crippen molar-refractivity contribution in [3.63, 3.8) is 0 Å². The predicted octanol–water partition coefficient (Wildman–Crippen LogP) is 2.94. The third-order valence-corrected chi connectivity index (χ3v) is 5.07. The fourth-order valence-corrected chi connectivity index (χ4v) is 3.59. The summed E-state index contributed by atoms with van der Waals surface area (Å²) in [5.74, 6) is 1.62. The third-order valence-electron chi connectivity index (χ3n) is 5.07. The minimum Gasteiger partial charge on any atom is -0.390 e. The molecular formula is C17H26N4O2. The van der Waals surface area contributed by atoms with Crippen molar-refractivity contribution in [2.45, 2.75) is 71.9 Å². The van der Waals surface area contributed by atoms with Crippen LogP contribution in [-0.2, 0) is 19.6 Å². The number of aliphatic hydroxyl groups is 1. The van der Waals surface area contributed by atoms with Crippen molar-refractivity contribution < 1.29 is 9.63 Å². The number of aryl methyl sites for hydroxylation is 2. The Hall–Kier alpha value is -1.69. The molecule has 0 spiro atoms. The van der Waals surface area contributed by atoms with Crippen LogP contribution in [0.4, 0.5) is 0 Å². The van der Waals surface area contributed by atoms with Crippen molar-refractivity contribution in [1.82, 2.24) is 20.2 Å². The number of nitrogens with zero attached hydrogens (tertiary/aromatic N) is 4. The lowest BCUT2D eigenvalue weighted by Crippen LogP contribution is -2.12. The minimum atomic E-state index is -0.0540. The van der Waals surface area contributed by atoms with Crippen LogP contribution in [0.15, 0.2) is 4.52 Å². The topological polar surface area (TPSA) is 77.0 Å². The largest absolute Gasteiger partial charge is 0.390 e. The van der Waals surface area contributed by atoms with E-state index in [9.17, 15) is 5.11 Å². The zero-order valence-electron chi connectivity index (χ0n) is 14.1. The molecule has 0 aromatic carbocycles. The van der Waals surface area contributed by atoms with E-state index in [1.165, 1.54) is 32.1 Å². The molecule has 1 fully saturated rings. The normalized spacial score (nSPS) is 16.1. The Kier molecular flexibility index (Phi) is 5.10. The molecule has 1 aliphatic carbocycles. The van der Waals surface area contributed by atoms with Crippen LogP contribution >= 0.6 is 0 Å². The maximum atomic E-state index is 9.56. The van der Waals surface area contributed by atoms with E-state index in [1.54, 1.807) is 0 Å². The average Bonchev–Trinajstić information content (AvgIpc) is 3.11. The maximum Gasteiger partial charge on any atom is 0.138 e. The van der Waals surface area contributed by atoms with E-state index in [-0.39, 0.29) is 6.61 Å². The molecule has 2 aromatic heterocycles. The second-order valence-corrected chi connectivity index (χ2v) is 6.64. The number of hydrogen-bond acceptors (Lipinski definition) is 5. The highest BCUT2D eigenvalue weighted by Crippen LogP contribution is 2.28. The minimum absolute atomic E-state index is 0.0540. The van der Waals surface area contributed by atoms with Gasteiger partial charge in [-0.3, -0.25) is 0 Å². The molecule has 3 rings (SSSR count). The molecular weight excluding hydrogens is 292 g/mol. The molecule has 2 heterocycles. The predicted molar refractivity (Wildman–Crippen MR) is 85.9 cm³/mol. The highest BCUT2D eigenvalue weighted by molar-refractivity contribution is 5.22. The van der Waals surface area contributed by atoms with E-state index >= 15 is 0 Å². The van der Waals surface area contributed by atoms with Crippen molar-refractivity contribution in [1.29, 1.82) is 0 Å². The molecule has 0 unspecified atom stereocenters. The smallest absolute Gasteiger partial charge is 0.138 e. The van der Waals surface area contributed by atoms with Gasteiger partial charge < -0.3 is 9.63 Å². The van der Waals surface area contributed by atoms with E-state index in [4.69, 9.17) is 4.52 Å². The molecule has 0 radical (unpaired) electrons. The maximum absolute atomic E-state index is 9.56. The van der Waals surface area contributed by atoms with Crippen molar-refractivity contribution in [3.05, 3.63) is 28.4 Å². The lowest BCUT2D eigenvalue weighted by Gasteiger charge is -2.21. The quantitative estimate of drug-likeness (QED) is 0.886. The molecule has 2 aromatic rings. The summed E-state index contributed by atoms with van der Waals surface area (Å²) in [6, 6.07) is 0. The van der Waals surface area contributed by atoms with E-state index in [1.807, 2.05) is 18.5 Å². The molecule has 0 aliphatic heterocycles. The first-order valence-corrected chi connectivity index (χ1v) is 8.63. The Bertz CT molecular complexity index is 622. The first-order chi connectivity index (χ1) is 11.2. The summed E-state index contributed by atoms with van der Waals surface area (Å²) >= 11 is 0. The van der Waals surface area contributed by atoms with Gasteiger partial charge in [0.05, 0.1) is 24.5 Å². The zero-order chi connectivity index (χ0) is 16.2. The lowest BCUT2D eigenvalue weighted by molar-refractivity contribution is 0.274. The Morgan fingerprint density at radius 3 is 2.65 bits per heavy atom. The summed E-state index contributed by atoms with van der Waals surface area (Å²) in [5, 5.41) is 22.0. The monoisotopic (exact) mass is 318 g/mol. The fourth-order valence-electron chi connectivity index (χ4n) is 3.59. The molecule has 0 amide bonds. The summed E-state index contributed by atoms with van der Waals surface area (Å²) in [5.41, 5.74) is 3.70. The van der Waals surface area contributed by atoms with Gasteiger partial charge in [-0.05, 0) is 32.6 Å². The molecule has 0 bridgehead atoms. The molecule has 126 valence electrons. The third kappa shape index (κ3) is 3.63. The summed E-state index contributed by atoms with van der Waals surface area (Å²) in [4.78, 5) is 0. The highest BCUT2D eigenvalue weighted by Gasteiger charge is 2.19. The molecule has 1 N–H and O–H groups in total. The van der Waals surface area contributed by atoms with Gasteiger partial charge in [-0.2, -0.15) is 0 Å². The second kappa shape index (κ2) is 7.25. The average molecular weight is 318 g/mol. The van der Waals surface area contributed by atoms with Gasteiger partial charge in [0.15, 0.2) is 0 Å². The first-order valence-electron chi connectivity index (χ1n) is 8.63. The van der Waals surface area contributed by atoms with Gasteiger partial charge in [0, 0.05) is 5.56 Å². The zero-order valence-corrected chi connectivity index (χ0v) is 14.1. The second-order valence-electron chi connectivity index (χ2n) is 6.64. The van der Waals surface area contributed by atoms with E-state index in [0.29, 0.717) is 12.2 Å². The summed E-state index contributed by atoms with van der Waals surface area (Å²) in [6.07, 6.45) is 8.84. The number of hydrogen-bond donors (Lipinski definition) is 1. The van der Waals surface area contributed by atoms with E-state index in [0.717, 1.165) is 41.5 Å². The summed E-state index contributed by atoms with van der Waals surface area (Å²) in [7, 11) is 0. The molecule has 1 aliphatic rings. The van der Waals surface area contributed by atoms with E-state index in [2.05, 4.69) is 15.5 Å². The summed E-state index contributed by atoms with van der Waals surface area (Å²) in [6.45, 7) is 4.41. The Morgan fingerprint density at radius 1 is 1.22 bits per heavy atom. The van der Waals surface area contributed by atoms with Crippen LogP contribution in [0, 0.1) is 19.8 Å². The van der Waals surface area contributed by atoms with Crippen LogP contribution in [0.1, 0.15) is 66.9 Å². The van der Waals surface area contributed by atoms with Gasteiger partial charge in [0.2, 0.25) is 0 Å². The van der Waals surface area contributed by atoms with Crippen molar-refractivity contribution in [3.8, 4) is 0 Å². The van der Waals surface area contributed by atoms with Crippen LogP contribution in [0.3, 0.4) is 0 Å². The van der Waals surface area contributed by atoms with Crippen molar-refractivity contribution in [2.24, 2.45) is 5.92 Å². The number of aliphatic hydroxyl groups excluding tert-OH is 1. The Labute approximate surface area is 136 Å².